The number of nitrogens with zero attached hydrogens (tertiary/aromatic N) is 2. The molecule has 0 fully saturated rings. The minimum atomic E-state index is -0.893. The number of hydrogen-bond donors (Lipinski definition) is 2. The van der Waals surface area contributed by atoms with Gasteiger partial charge in [0.1, 0.15) is 0 Å². The van der Waals surface area contributed by atoms with Gasteiger partial charge in [0.25, 0.3) is 0 Å². The fourth-order valence-electron chi connectivity index (χ4n) is 2.23. The van der Waals surface area contributed by atoms with E-state index < -0.39 is 5.60 Å². The van der Waals surface area contributed by atoms with Crippen molar-refractivity contribution in [1.82, 2.24) is 9.78 Å². The lowest BCUT2D eigenvalue weighted by Crippen LogP contribution is -2.38. The Bertz CT molecular complexity index is 409. The zero-order valence-corrected chi connectivity index (χ0v) is 13.5. The van der Waals surface area contributed by atoms with E-state index in [9.17, 15) is 5.11 Å². The van der Waals surface area contributed by atoms with Crippen LogP contribution in [0.1, 0.15) is 31.2 Å². The molecule has 0 aromatic carbocycles. The summed E-state index contributed by atoms with van der Waals surface area (Å²) in [4.78, 5) is 0. The Morgan fingerprint density at radius 3 is 2.68 bits per heavy atom. The summed E-state index contributed by atoms with van der Waals surface area (Å²) >= 11 is 3.57. The van der Waals surface area contributed by atoms with E-state index in [-0.39, 0.29) is 0 Å². The van der Waals surface area contributed by atoms with Crippen molar-refractivity contribution < 1.29 is 9.84 Å². The van der Waals surface area contributed by atoms with Gasteiger partial charge in [-0.25, -0.2) is 0 Å². The van der Waals surface area contributed by atoms with Crippen LogP contribution in [-0.2, 0) is 24.6 Å². The van der Waals surface area contributed by atoms with E-state index in [0.717, 1.165) is 28.7 Å². The van der Waals surface area contributed by atoms with Gasteiger partial charge in [0.15, 0.2) is 0 Å². The van der Waals surface area contributed by atoms with Crippen molar-refractivity contribution in [2.45, 2.75) is 38.2 Å². The van der Waals surface area contributed by atoms with Gasteiger partial charge in [-0.2, -0.15) is 5.10 Å². The quantitative estimate of drug-likeness (QED) is 0.754. The van der Waals surface area contributed by atoms with Crippen molar-refractivity contribution in [3.63, 3.8) is 0 Å². The van der Waals surface area contributed by atoms with E-state index in [0.29, 0.717) is 26.0 Å². The minimum absolute atomic E-state index is 0.298. The Morgan fingerprint density at radius 1 is 1.53 bits per heavy atom. The molecule has 0 saturated heterocycles. The third kappa shape index (κ3) is 4.27. The van der Waals surface area contributed by atoms with Gasteiger partial charge in [0, 0.05) is 20.6 Å². The number of hydrogen-bond acceptors (Lipinski definition) is 4. The third-order valence-corrected chi connectivity index (χ3v) is 4.17. The van der Waals surface area contributed by atoms with Crippen LogP contribution in [0.3, 0.4) is 0 Å². The van der Waals surface area contributed by atoms with Crippen LogP contribution in [0.4, 0.5) is 0 Å². The highest BCUT2D eigenvalue weighted by molar-refractivity contribution is 9.10. The first kappa shape index (κ1) is 16.6. The van der Waals surface area contributed by atoms with Crippen LogP contribution in [0.2, 0.25) is 0 Å². The molecule has 110 valence electrons. The number of halogens is 1. The maximum Gasteiger partial charge on any atom is 0.0935 e. The van der Waals surface area contributed by atoms with Crippen LogP contribution in [-0.4, -0.2) is 40.7 Å². The van der Waals surface area contributed by atoms with Gasteiger partial charge in [-0.15, -0.1) is 0 Å². The van der Waals surface area contributed by atoms with Gasteiger partial charge in [-0.1, -0.05) is 6.92 Å². The number of rotatable bonds is 8. The number of nitrogens with two attached hydrogens (primary N) is 1. The molecule has 1 atom stereocenters. The Kier molecular flexibility index (Phi) is 6.46. The van der Waals surface area contributed by atoms with Gasteiger partial charge < -0.3 is 15.6 Å². The first-order valence-corrected chi connectivity index (χ1v) is 7.38. The highest BCUT2D eigenvalue weighted by Gasteiger charge is 2.30. The summed E-state index contributed by atoms with van der Waals surface area (Å²) in [6.07, 6.45) is 2.76. The number of aromatic nitrogens is 2. The highest BCUT2D eigenvalue weighted by Crippen LogP contribution is 2.27. The third-order valence-electron chi connectivity index (χ3n) is 3.26. The number of ether oxygens (including phenoxy) is 1. The molecule has 0 spiro atoms. The summed E-state index contributed by atoms with van der Waals surface area (Å²) in [5.74, 6) is 0. The molecule has 0 aliphatic carbocycles. The van der Waals surface area contributed by atoms with Crippen molar-refractivity contribution in [2.24, 2.45) is 12.8 Å². The van der Waals surface area contributed by atoms with Crippen molar-refractivity contribution >= 4 is 15.9 Å². The average Bonchev–Trinajstić information content (AvgIpc) is 2.64. The van der Waals surface area contributed by atoms with E-state index in [1.165, 1.54) is 0 Å². The smallest absolute Gasteiger partial charge is 0.0935 e. The molecular weight excluding hydrogens is 310 g/mol. The SMILES string of the molecule is CCc1nn(C)c(CC(O)(CCCN)COC)c1Br. The Hall–Kier alpha value is -0.430. The maximum absolute atomic E-state index is 10.7. The number of aryl methyl sites for hydroxylation is 2. The summed E-state index contributed by atoms with van der Waals surface area (Å²) in [5, 5.41) is 15.1. The van der Waals surface area contributed by atoms with Crippen molar-refractivity contribution in [2.75, 3.05) is 20.3 Å². The molecule has 0 saturated carbocycles. The van der Waals surface area contributed by atoms with Crippen LogP contribution < -0.4 is 5.73 Å². The van der Waals surface area contributed by atoms with Crippen LogP contribution in [0.5, 0.6) is 0 Å². The molecule has 0 amide bonds. The highest BCUT2D eigenvalue weighted by atomic mass is 79.9. The molecule has 1 heterocycles. The molecule has 5 nitrogen and oxygen atoms in total. The summed E-state index contributed by atoms with van der Waals surface area (Å²) < 4.78 is 7.96. The summed E-state index contributed by atoms with van der Waals surface area (Å²) in [7, 11) is 3.50. The molecule has 0 bridgehead atoms. The summed E-state index contributed by atoms with van der Waals surface area (Å²) in [6, 6.07) is 0. The summed E-state index contributed by atoms with van der Waals surface area (Å²) in [5.41, 5.74) is 6.64. The van der Waals surface area contributed by atoms with E-state index in [2.05, 4.69) is 28.0 Å². The fourth-order valence-corrected chi connectivity index (χ4v) is 2.99. The van der Waals surface area contributed by atoms with Crippen LogP contribution in [0, 0.1) is 0 Å². The molecule has 1 aromatic rings. The predicted octanol–water partition coefficient (Wildman–Crippen LogP) is 1.40. The largest absolute Gasteiger partial charge is 0.387 e. The molecule has 1 unspecified atom stereocenters. The second kappa shape index (κ2) is 7.38. The lowest BCUT2D eigenvalue weighted by molar-refractivity contribution is -0.0387. The molecule has 3 N–H and O–H groups in total. The van der Waals surface area contributed by atoms with E-state index in [1.807, 2.05) is 11.7 Å². The van der Waals surface area contributed by atoms with Crippen molar-refractivity contribution in [3.05, 3.63) is 15.9 Å². The zero-order valence-electron chi connectivity index (χ0n) is 11.9. The lowest BCUT2D eigenvalue weighted by atomic mass is 9.92. The second-order valence-electron chi connectivity index (χ2n) is 4.91. The van der Waals surface area contributed by atoms with Gasteiger partial charge in [-0.3, -0.25) is 4.68 Å². The first-order chi connectivity index (χ1) is 8.97. The van der Waals surface area contributed by atoms with E-state index in [4.69, 9.17) is 10.5 Å². The van der Waals surface area contributed by atoms with Crippen LogP contribution in [0.15, 0.2) is 4.47 Å². The molecule has 0 aliphatic heterocycles. The van der Waals surface area contributed by atoms with Crippen molar-refractivity contribution in [3.8, 4) is 0 Å². The summed E-state index contributed by atoms with van der Waals surface area (Å²) in [6.45, 7) is 2.93. The average molecular weight is 334 g/mol. The zero-order chi connectivity index (χ0) is 14.5. The Labute approximate surface area is 123 Å². The van der Waals surface area contributed by atoms with Gasteiger partial charge in [0.05, 0.1) is 28.1 Å². The lowest BCUT2D eigenvalue weighted by Gasteiger charge is -2.27. The molecule has 1 rings (SSSR count). The monoisotopic (exact) mass is 333 g/mol. The van der Waals surface area contributed by atoms with E-state index >= 15 is 0 Å². The molecule has 19 heavy (non-hydrogen) atoms. The van der Waals surface area contributed by atoms with Gasteiger partial charge in [0.2, 0.25) is 0 Å². The Morgan fingerprint density at radius 2 is 2.21 bits per heavy atom. The van der Waals surface area contributed by atoms with Gasteiger partial charge >= 0.3 is 0 Å². The topological polar surface area (TPSA) is 73.3 Å². The molecule has 1 aromatic heterocycles. The predicted molar refractivity (Wildman–Crippen MR) is 79.1 cm³/mol. The van der Waals surface area contributed by atoms with Gasteiger partial charge in [-0.05, 0) is 41.7 Å². The van der Waals surface area contributed by atoms with Crippen LogP contribution >= 0.6 is 15.9 Å². The second-order valence-corrected chi connectivity index (χ2v) is 5.70. The molecular formula is C13H24BrN3O2. The fraction of sp³-hybridized carbons (Fsp3) is 0.769. The van der Waals surface area contributed by atoms with Crippen LogP contribution in [0.25, 0.3) is 0 Å². The normalized spacial score (nSPS) is 14.6. The number of methoxy groups -OCH3 is 1. The standard InChI is InChI=1S/C13H24BrN3O2/c1-4-10-12(14)11(17(2)16-10)8-13(18,9-19-3)6-5-7-15/h18H,4-9,15H2,1-3H3. The van der Waals surface area contributed by atoms with Crippen molar-refractivity contribution in [1.29, 1.82) is 0 Å². The first-order valence-electron chi connectivity index (χ1n) is 6.59. The Balaban J connectivity index is 2.92. The number of aliphatic hydroxyl groups is 1. The molecule has 0 radical (unpaired) electrons. The van der Waals surface area contributed by atoms with E-state index in [1.54, 1.807) is 7.11 Å². The maximum atomic E-state index is 10.7. The molecule has 6 heteroatoms. The molecule has 0 aliphatic rings. The minimum Gasteiger partial charge on any atom is -0.387 e.